The molecule has 3 aromatic rings. The van der Waals surface area contributed by atoms with E-state index < -0.39 is 18.0 Å². The second-order valence-electron chi connectivity index (χ2n) is 6.57. The molecule has 7 nitrogen and oxygen atoms in total. The lowest BCUT2D eigenvalue weighted by Gasteiger charge is -2.15. The number of ether oxygens (including phenoxy) is 1. The van der Waals surface area contributed by atoms with E-state index in [0.717, 1.165) is 10.6 Å². The van der Waals surface area contributed by atoms with Crippen LogP contribution >= 0.6 is 11.3 Å². The lowest BCUT2D eigenvalue weighted by Crippen LogP contribution is -2.31. The lowest BCUT2D eigenvalue weighted by molar-refractivity contribution is -0.123. The van der Waals surface area contributed by atoms with Gasteiger partial charge in [-0.05, 0) is 27.7 Å². The van der Waals surface area contributed by atoms with Crippen LogP contribution in [0.4, 0.5) is 5.82 Å². The monoisotopic (exact) mass is 398 g/mol. The molecule has 2 aromatic heterocycles. The first kappa shape index (κ1) is 19.8. The number of nitrogens with zero attached hydrogens (tertiary/aromatic N) is 3. The summed E-state index contributed by atoms with van der Waals surface area (Å²) in [5, 5.41) is 7.68. The van der Waals surface area contributed by atoms with E-state index in [1.165, 1.54) is 11.3 Å². The second-order valence-corrected chi connectivity index (χ2v) is 7.77. The zero-order valence-corrected chi connectivity index (χ0v) is 17.0. The molecule has 0 aliphatic rings. The predicted molar refractivity (Wildman–Crippen MR) is 108 cm³/mol. The number of amides is 1. The number of nitrogens with one attached hydrogen (secondary N) is 1. The number of carbonyl (C=O) groups excluding carboxylic acids is 2. The number of hydrogen-bond donors (Lipinski definition) is 1. The van der Waals surface area contributed by atoms with Crippen LogP contribution in [0.25, 0.3) is 11.3 Å². The summed E-state index contributed by atoms with van der Waals surface area (Å²) in [6.45, 7) is 7.29. The molecule has 28 heavy (non-hydrogen) atoms. The second kappa shape index (κ2) is 8.35. The van der Waals surface area contributed by atoms with Gasteiger partial charge in [-0.15, -0.1) is 11.3 Å². The first-order valence-corrected chi connectivity index (χ1v) is 9.76. The maximum absolute atomic E-state index is 12.7. The Labute approximate surface area is 167 Å². The van der Waals surface area contributed by atoms with Crippen LogP contribution in [0.15, 0.2) is 42.6 Å². The van der Waals surface area contributed by atoms with Crippen LogP contribution in [0, 0.1) is 6.92 Å². The molecule has 146 valence electrons. The summed E-state index contributed by atoms with van der Waals surface area (Å²) in [7, 11) is 0. The predicted octanol–water partition coefficient (Wildman–Crippen LogP) is 4.08. The fourth-order valence-electron chi connectivity index (χ4n) is 2.68. The van der Waals surface area contributed by atoms with Crippen molar-refractivity contribution < 1.29 is 14.3 Å². The van der Waals surface area contributed by atoms with Gasteiger partial charge in [0.2, 0.25) is 0 Å². The summed E-state index contributed by atoms with van der Waals surface area (Å²) >= 11 is 1.25. The number of aromatic nitrogens is 3. The van der Waals surface area contributed by atoms with Crippen LogP contribution in [0.3, 0.4) is 0 Å². The topological polar surface area (TPSA) is 86.1 Å². The molecular formula is C20H22N4O3S. The minimum atomic E-state index is -0.964. The third-order valence-electron chi connectivity index (χ3n) is 4.03. The zero-order chi connectivity index (χ0) is 20.3. The van der Waals surface area contributed by atoms with Crippen LogP contribution in [0.1, 0.15) is 41.5 Å². The Hall–Kier alpha value is -3.00. The summed E-state index contributed by atoms with van der Waals surface area (Å²) < 4.78 is 7.10. The van der Waals surface area contributed by atoms with Crippen LogP contribution < -0.4 is 5.32 Å². The van der Waals surface area contributed by atoms with E-state index in [0.29, 0.717) is 16.4 Å². The number of rotatable bonds is 6. The van der Waals surface area contributed by atoms with E-state index in [4.69, 9.17) is 4.74 Å². The number of anilines is 1. The number of carbonyl (C=O) groups is 2. The van der Waals surface area contributed by atoms with Gasteiger partial charge in [0.05, 0.1) is 16.9 Å². The Morgan fingerprint density at radius 1 is 1.14 bits per heavy atom. The third kappa shape index (κ3) is 4.28. The molecular weight excluding hydrogens is 376 g/mol. The molecule has 0 spiro atoms. The van der Waals surface area contributed by atoms with Gasteiger partial charge in [-0.25, -0.2) is 14.5 Å². The fourth-order valence-corrected chi connectivity index (χ4v) is 3.50. The molecule has 1 atom stereocenters. The van der Waals surface area contributed by atoms with Crippen LogP contribution in [0.5, 0.6) is 0 Å². The smallest absolute Gasteiger partial charge is 0.351 e. The van der Waals surface area contributed by atoms with Gasteiger partial charge in [0.1, 0.15) is 10.7 Å². The molecule has 2 heterocycles. The van der Waals surface area contributed by atoms with E-state index in [-0.39, 0.29) is 6.04 Å². The molecule has 3 rings (SSSR count). The average molecular weight is 398 g/mol. The Morgan fingerprint density at radius 3 is 2.54 bits per heavy atom. The molecule has 0 unspecified atom stereocenters. The summed E-state index contributed by atoms with van der Waals surface area (Å²) in [4.78, 5) is 30.0. The normalized spacial score (nSPS) is 12.0. The summed E-state index contributed by atoms with van der Waals surface area (Å²) in [6, 6.07) is 11.2. The molecule has 0 saturated heterocycles. The van der Waals surface area contributed by atoms with Crippen molar-refractivity contribution in [3.05, 3.63) is 52.5 Å². The van der Waals surface area contributed by atoms with Gasteiger partial charge in [0.25, 0.3) is 5.91 Å². The number of aryl methyl sites for hydroxylation is 1. The van der Waals surface area contributed by atoms with E-state index in [9.17, 15) is 9.59 Å². The van der Waals surface area contributed by atoms with Gasteiger partial charge in [-0.3, -0.25) is 4.79 Å². The van der Waals surface area contributed by atoms with E-state index in [1.807, 2.05) is 51.1 Å². The highest BCUT2D eigenvalue weighted by molar-refractivity contribution is 7.14. The number of hydrogen-bond acceptors (Lipinski definition) is 6. The summed E-state index contributed by atoms with van der Waals surface area (Å²) in [6.07, 6.45) is 0.646. The van der Waals surface area contributed by atoms with Crippen molar-refractivity contribution in [1.29, 1.82) is 0 Å². The van der Waals surface area contributed by atoms with Crippen molar-refractivity contribution in [3.8, 4) is 11.3 Å². The maximum atomic E-state index is 12.7. The molecule has 0 fully saturated rings. The van der Waals surface area contributed by atoms with Crippen molar-refractivity contribution in [2.24, 2.45) is 0 Å². The fraction of sp³-hybridized carbons (Fsp3) is 0.300. The van der Waals surface area contributed by atoms with Gasteiger partial charge in [0, 0.05) is 17.7 Å². The highest BCUT2D eigenvalue weighted by atomic mass is 32.1. The first-order chi connectivity index (χ1) is 13.4. The molecule has 1 N–H and O–H groups in total. The van der Waals surface area contributed by atoms with Crippen molar-refractivity contribution in [2.75, 3.05) is 5.32 Å². The van der Waals surface area contributed by atoms with E-state index in [1.54, 1.807) is 23.9 Å². The summed E-state index contributed by atoms with van der Waals surface area (Å²) in [5.74, 6) is -0.427. The molecule has 0 saturated carbocycles. The minimum Gasteiger partial charge on any atom is -0.448 e. The first-order valence-electron chi connectivity index (χ1n) is 8.95. The van der Waals surface area contributed by atoms with Crippen molar-refractivity contribution >= 4 is 29.0 Å². The SMILES string of the molecule is Cc1nc(-c2ccccc2)c(C(=O)O[C@@H](C)C(=O)Nc2ccnn2C(C)C)s1. The third-order valence-corrected chi connectivity index (χ3v) is 4.98. The van der Waals surface area contributed by atoms with Gasteiger partial charge < -0.3 is 10.1 Å². The Bertz CT molecular complexity index is 979. The standard InChI is InChI=1S/C20H22N4O3S/c1-12(2)24-16(10-11-21-24)23-19(25)13(3)27-20(26)18-17(22-14(4)28-18)15-8-6-5-7-9-15/h5-13H,1-4H3,(H,23,25)/t13-/m0/s1. The van der Waals surface area contributed by atoms with Crippen molar-refractivity contribution in [3.63, 3.8) is 0 Å². The molecule has 0 aliphatic heterocycles. The van der Waals surface area contributed by atoms with Gasteiger partial charge in [-0.1, -0.05) is 30.3 Å². The number of benzene rings is 1. The molecule has 0 radical (unpaired) electrons. The van der Waals surface area contributed by atoms with Gasteiger partial charge in [-0.2, -0.15) is 5.10 Å². The highest BCUT2D eigenvalue weighted by Gasteiger charge is 2.25. The molecule has 0 bridgehead atoms. The Kier molecular flexibility index (Phi) is 5.89. The lowest BCUT2D eigenvalue weighted by atomic mass is 10.1. The molecule has 1 aromatic carbocycles. The van der Waals surface area contributed by atoms with Crippen LogP contribution in [-0.4, -0.2) is 32.7 Å². The maximum Gasteiger partial charge on any atom is 0.351 e. The largest absolute Gasteiger partial charge is 0.448 e. The van der Waals surface area contributed by atoms with Crippen molar-refractivity contribution in [1.82, 2.24) is 14.8 Å². The Morgan fingerprint density at radius 2 is 1.86 bits per heavy atom. The van der Waals surface area contributed by atoms with Crippen LogP contribution in [-0.2, 0) is 9.53 Å². The Balaban J connectivity index is 1.73. The van der Waals surface area contributed by atoms with Crippen molar-refractivity contribution in [2.45, 2.75) is 39.8 Å². The van der Waals surface area contributed by atoms with E-state index in [2.05, 4.69) is 15.4 Å². The highest BCUT2D eigenvalue weighted by Crippen LogP contribution is 2.29. The number of esters is 1. The molecule has 8 heteroatoms. The quantitative estimate of drug-likeness (QED) is 0.632. The molecule has 0 aliphatic carbocycles. The van der Waals surface area contributed by atoms with Gasteiger partial charge in [0.15, 0.2) is 6.10 Å². The average Bonchev–Trinajstić information content (AvgIpc) is 3.29. The van der Waals surface area contributed by atoms with Gasteiger partial charge >= 0.3 is 5.97 Å². The zero-order valence-electron chi connectivity index (χ0n) is 16.2. The van der Waals surface area contributed by atoms with E-state index >= 15 is 0 Å². The minimum absolute atomic E-state index is 0.0942. The summed E-state index contributed by atoms with van der Waals surface area (Å²) in [5.41, 5.74) is 1.40. The number of thiazole rings is 1. The van der Waals surface area contributed by atoms with Crippen LogP contribution in [0.2, 0.25) is 0 Å². The molecule has 1 amide bonds.